The second kappa shape index (κ2) is 7.53. The van der Waals surface area contributed by atoms with Gasteiger partial charge in [0.05, 0.1) is 12.1 Å². The first-order valence-electron chi connectivity index (χ1n) is 8.73. The van der Waals surface area contributed by atoms with Crippen LogP contribution in [0.4, 0.5) is 13.2 Å². The van der Waals surface area contributed by atoms with Crippen molar-refractivity contribution in [3.05, 3.63) is 23.1 Å². The molecular weight excluding hydrogens is 363 g/mol. The molecule has 1 aliphatic rings. The molecule has 0 unspecified atom stereocenters. The SMILES string of the molecule is Cc1cc(C(=O)NCC(=O)NCC(F)(F)F)c2nc3n(c2n1)CCCCC3. The molecule has 2 aromatic rings. The number of imidazole rings is 1. The van der Waals surface area contributed by atoms with E-state index in [4.69, 9.17) is 0 Å². The maximum atomic E-state index is 12.5. The van der Waals surface area contributed by atoms with E-state index in [9.17, 15) is 22.8 Å². The molecule has 2 N–H and O–H groups in total. The lowest BCUT2D eigenvalue weighted by molar-refractivity contribution is -0.137. The number of hydrogen-bond acceptors (Lipinski definition) is 4. The summed E-state index contributed by atoms with van der Waals surface area (Å²) in [4.78, 5) is 33.1. The summed E-state index contributed by atoms with van der Waals surface area (Å²) in [6.07, 6.45) is -0.562. The highest BCUT2D eigenvalue weighted by molar-refractivity contribution is 6.05. The van der Waals surface area contributed by atoms with Gasteiger partial charge >= 0.3 is 6.18 Å². The molecule has 3 rings (SSSR count). The average molecular weight is 383 g/mol. The van der Waals surface area contributed by atoms with Crippen molar-refractivity contribution in [2.24, 2.45) is 0 Å². The van der Waals surface area contributed by atoms with E-state index >= 15 is 0 Å². The number of halogens is 3. The van der Waals surface area contributed by atoms with Gasteiger partial charge in [0.2, 0.25) is 5.91 Å². The summed E-state index contributed by atoms with van der Waals surface area (Å²) in [5, 5.41) is 4.07. The van der Waals surface area contributed by atoms with Gasteiger partial charge in [-0.2, -0.15) is 13.2 Å². The number of amides is 2. The smallest absolute Gasteiger partial charge is 0.345 e. The number of nitrogens with zero attached hydrogens (tertiary/aromatic N) is 3. The van der Waals surface area contributed by atoms with E-state index in [-0.39, 0.29) is 5.56 Å². The molecule has 0 aliphatic carbocycles. The predicted octanol–water partition coefficient (Wildman–Crippen LogP) is 1.87. The lowest BCUT2D eigenvalue weighted by Gasteiger charge is -2.10. The summed E-state index contributed by atoms with van der Waals surface area (Å²) in [6, 6.07) is 1.57. The molecule has 0 aromatic carbocycles. The highest BCUT2D eigenvalue weighted by atomic mass is 19.4. The van der Waals surface area contributed by atoms with E-state index in [0.717, 1.165) is 38.1 Å². The van der Waals surface area contributed by atoms with Gasteiger partial charge in [0.1, 0.15) is 17.9 Å². The van der Waals surface area contributed by atoms with Gasteiger partial charge in [-0.25, -0.2) is 9.97 Å². The van der Waals surface area contributed by atoms with Gasteiger partial charge in [-0.3, -0.25) is 9.59 Å². The fourth-order valence-corrected chi connectivity index (χ4v) is 3.11. The first-order valence-corrected chi connectivity index (χ1v) is 8.73. The Hall–Kier alpha value is -2.65. The molecule has 0 bridgehead atoms. The molecule has 0 spiro atoms. The molecule has 0 fully saturated rings. The van der Waals surface area contributed by atoms with Crippen LogP contribution in [0.25, 0.3) is 11.2 Å². The van der Waals surface area contributed by atoms with E-state index in [1.165, 1.54) is 0 Å². The van der Waals surface area contributed by atoms with Gasteiger partial charge in [0.15, 0.2) is 5.65 Å². The molecule has 2 amide bonds. The number of fused-ring (bicyclic) bond motifs is 3. The van der Waals surface area contributed by atoms with Crippen molar-refractivity contribution in [1.29, 1.82) is 0 Å². The van der Waals surface area contributed by atoms with Crippen molar-refractivity contribution in [2.45, 2.75) is 45.3 Å². The lowest BCUT2D eigenvalue weighted by atomic mass is 10.2. The summed E-state index contributed by atoms with van der Waals surface area (Å²) in [6.45, 7) is 0.547. The van der Waals surface area contributed by atoms with E-state index in [1.54, 1.807) is 18.3 Å². The molecule has 0 saturated heterocycles. The van der Waals surface area contributed by atoms with E-state index < -0.39 is 31.1 Å². The van der Waals surface area contributed by atoms with Crippen molar-refractivity contribution in [2.75, 3.05) is 13.1 Å². The minimum Gasteiger partial charge on any atom is -0.345 e. The molecule has 1 aliphatic heterocycles. The molecule has 0 saturated carbocycles. The second-order valence-corrected chi connectivity index (χ2v) is 6.55. The third kappa shape index (κ3) is 4.55. The minimum atomic E-state index is -4.50. The number of nitrogens with one attached hydrogen (secondary N) is 2. The van der Waals surface area contributed by atoms with Crippen molar-refractivity contribution in [3.63, 3.8) is 0 Å². The zero-order valence-electron chi connectivity index (χ0n) is 14.8. The number of aromatic nitrogens is 3. The number of aryl methyl sites for hydroxylation is 3. The Bertz CT molecular complexity index is 876. The van der Waals surface area contributed by atoms with Gasteiger partial charge in [0.25, 0.3) is 5.91 Å². The molecule has 3 heterocycles. The maximum absolute atomic E-state index is 12.5. The molecule has 146 valence electrons. The summed E-state index contributed by atoms with van der Waals surface area (Å²) in [5.41, 5.74) is 1.96. The summed E-state index contributed by atoms with van der Waals surface area (Å²) < 4.78 is 38.4. The number of alkyl halides is 3. The Kier molecular flexibility index (Phi) is 5.33. The van der Waals surface area contributed by atoms with Crippen LogP contribution in [-0.2, 0) is 17.8 Å². The van der Waals surface area contributed by atoms with Crippen LogP contribution in [0.1, 0.15) is 41.1 Å². The molecule has 27 heavy (non-hydrogen) atoms. The van der Waals surface area contributed by atoms with Crippen LogP contribution < -0.4 is 10.6 Å². The molecule has 10 heteroatoms. The number of hydrogen-bond donors (Lipinski definition) is 2. The Morgan fingerprint density at radius 3 is 2.70 bits per heavy atom. The van der Waals surface area contributed by atoms with E-state index in [1.807, 2.05) is 4.57 Å². The summed E-state index contributed by atoms with van der Waals surface area (Å²) in [5.74, 6) is -0.609. The highest BCUT2D eigenvalue weighted by Gasteiger charge is 2.28. The van der Waals surface area contributed by atoms with Crippen molar-refractivity contribution in [3.8, 4) is 0 Å². The van der Waals surface area contributed by atoms with Crippen LogP contribution >= 0.6 is 0 Å². The van der Waals surface area contributed by atoms with Crippen molar-refractivity contribution >= 4 is 23.0 Å². The number of carbonyl (C=O) groups is 2. The van der Waals surface area contributed by atoms with Gasteiger partial charge < -0.3 is 15.2 Å². The first-order chi connectivity index (χ1) is 12.7. The fourth-order valence-electron chi connectivity index (χ4n) is 3.11. The maximum Gasteiger partial charge on any atom is 0.405 e. The quantitative estimate of drug-likeness (QED) is 0.844. The van der Waals surface area contributed by atoms with Gasteiger partial charge in [-0.15, -0.1) is 0 Å². The van der Waals surface area contributed by atoms with Crippen LogP contribution in [0.5, 0.6) is 0 Å². The van der Waals surface area contributed by atoms with Crippen LogP contribution in [0, 0.1) is 6.92 Å². The molecule has 7 nitrogen and oxygen atoms in total. The highest BCUT2D eigenvalue weighted by Crippen LogP contribution is 2.24. The van der Waals surface area contributed by atoms with E-state index in [2.05, 4.69) is 15.3 Å². The Labute approximate surface area is 153 Å². The van der Waals surface area contributed by atoms with Gasteiger partial charge in [-0.1, -0.05) is 6.42 Å². The van der Waals surface area contributed by atoms with Crippen LogP contribution in [0.2, 0.25) is 0 Å². The average Bonchev–Trinajstić information content (AvgIpc) is 2.78. The van der Waals surface area contributed by atoms with Crippen molar-refractivity contribution in [1.82, 2.24) is 25.2 Å². The van der Waals surface area contributed by atoms with Crippen LogP contribution in [-0.4, -0.2) is 45.6 Å². The van der Waals surface area contributed by atoms with E-state index in [0.29, 0.717) is 16.9 Å². The first kappa shape index (κ1) is 19.1. The molecular formula is C17H20F3N5O2. The standard InChI is InChI=1S/C17H20F3N5O2/c1-10-7-11(16(27)21-8-13(26)22-9-17(18,19)20)14-15(23-10)25-6-4-2-3-5-12(25)24-14/h7H,2-6,8-9H2,1H3,(H,21,27)(H,22,26). The minimum absolute atomic E-state index is 0.265. The lowest BCUT2D eigenvalue weighted by Crippen LogP contribution is -2.41. The fraction of sp³-hybridized carbons (Fsp3) is 0.529. The third-order valence-corrected chi connectivity index (χ3v) is 4.33. The Balaban J connectivity index is 1.78. The zero-order valence-corrected chi connectivity index (χ0v) is 14.8. The molecule has 0 radical (unpaired) electrons. The largest absolute Gasteiger partial charge is 0.405 e. The predicted molar refractivity (Wildman–Crippen MR) is 91.2 cm³/mol. The van der Waals surface area contributed by atoms with Gasteiger partial charge in [-0.05, 0) is 25.8 Å². The van der Waals surface area contributed by atoms with Crippen LogP contribution in [0.15, 0.2) is 6.07 Å². The Morgan fingerprint density at radius 2 is 1.96 bits per heavy atom. The monoisotopic (exact) mass is 383 g/mol. The third-order valence-electron chi connectivity index (χ3n) is 4.33. The zero-order chi connectivity index (χ0) is 19.6. The second-order valence-electron chi connectivity index (χ2n) is 6.55. The number of carbonyl (C=O) groups excluding carboxylic acids is 2. The van der Waals surface area contributed by atoms with Crippen LogP contribution in [0.3, 0.4) is 0 Å². The molecule has 0 atom stereocenters. The van der Waals surface area contributed by atoms with Gasteiger partial charge in [0, 0.05) is 18.7 Å². The molecule has 2 aromatic heterocycles. The summed E-state index contributed by atoms with van der Waals surface area (Å²) >= 11 is 0. The summed E-state index contributed by atoms with van der Waals surface area (Å²) in [7, 11) is 0. The Morgan fingerprint density at radius 1 is 1.19 bits per heavy atom. The number of pyridine rings is 1. The topological polar surface area (TPSA) is 88.9 Å². The van der Waals surface area contributed by atoms with Crippen molar-refractivity contribution < 1.29 is 22.8 Å². The normalized spacial score (nSPS) is 14.5. The number of rotatable bonds is 4.